The summed E-state index contributed by atoms with van der Waals surface area (Å²) in [6.07, 6.45) is -0.285. The largest absolute Gasteiger partial charge is 1.00 e. The van der Waals surface area contributed by atoms with Gasteiger partial charge in [-0.2, -0.15) is 0 Å². The zero-order chi connectivity index (χ0) is 5.21. The van der Waals surface area contributed by atoms with E-state index in [1.807, 2.05) is 0 Å². The van der Waals surface area contributed by atoms with Crippen molar-refractivity contribution in [3.05, 3.63) is 0 Å². The third-order valence-electron chi connectivity index (χ3n) is 0.387. The second-order valence-corrected chi connectivity index (χ2v) is 2.78. The van der Waals surface area contributed by atoms with Crippen molar-refractivity contribution in [2.24, 2.45) is 0 Å². The maximum absolute atomic E-state index is 9.47. The molecule has 3 nitrogen and oxygen atoms in total. The predicted molar refractivity (Wildman–Crippen MR) is 18.1 cm³/mol. The summed E-state index contributed by atoms with van der Waals surface area (Å²) in [6.45, 7) is 1.32. The van der Waals surface area contributed by atoms with Crippen LogP contribution in [0.5, 0.6) is 0 Å². The summed E-state index contributed by atoms with van der Waals surface area (Å²) in [6, 6.07) is 0. The molecule has 0 fully saturated rings. The number of hydrogen-bond donors (Lipinski definition) is 0. The molecular weight excluding hydrogens is 117 g/mol. The molecule has 6 heteroatoms. The van der Waals surface area contributed by atoms with E-state index in [1.165, 1.54) is 6.92 Å². The van der Waals surface area contributed by atoms with Crippen molar-refractivity contribution < 1.29 is 52.1 Å². The molecule has 8 heavy (non-hydrogen) atoms. The average molecular weight is 122 g/mol. The van der Waals surface area contributed by atoms with Crippen LogP contribution in [0.1, 0.15) is 6.92 Å². The van der Waals surface area contributed by atoms with Gasteiger partial charge in [-0.1, -0.05) is 14.5 Å². The molecule has 0 unspecified atom stereocenters. The molecule has 0 heterocycles. The van der Waals surface area contributed by atoms with E-state index in [2.05, 4.69) is 0 Å². The van der Waals surface area contributed by atoms with E-state index >= 15 is 0 Å². The Labute approximate surface area is 72.8 Å². The molecule has 0 saturated carbocycles. The second-order valence-electron chi connectivity index (χ2n) is 0.927. The van der Waals surface area contributed by atoms with Gasteiger partial charge in [0.1, 0.15) is 0 Å². The minimum Gasteiger partial charge on any atom is -0.811 e. The molecule has 0 aromatic rings. The molecule has 0 aliphatic heterocycles. The Balaban J connectivity index is -0.000000125. The predicted octanol–water partition coefficient (Wildman–Crippen LogP) is -7.07. The molecule has 0 atom stereocenters. The van der Waals surface area contributed by atoms with E-state index in [0.717, 1.165) is 0 Å². The van der Waals surface area contributed by atoms with Gasteiger partial charge in [-0.05, 0) is 6.16 Å². The standard InChI is InChI=1S/C2H7O3P.2Li/c1-2-6(3,4)5;;/h2H2,1H3,(H2,3,4,5);;/q;2*+1/p-2. The Hall–Kier alpha value is 1.34. The number of rotatable bonds is 1. The second kappa shape index (κ2) is 6.46. The van der Waals surface area contributed by atoms with E-state index in [-0.39, 0.29) is 43.9 Å². The molecular formula is C2H5Li2O3P. The minimum atomic E-state index is -4.15. The molecule has 38 valence electrons. The topological polar surface area (TPSA) is 63.2 Å². The first-order chi connectivity index (χ1) is 2.56. The van der Waals surface area contributed by atoms with Crippen molar-refractivity contribution in [2.45, 2.75) is 6.92 Å². The molecule has 0 amide bonds. The molecule has 0 saturated heterocycles. The first-order valence-corrected chi connectivity index (χ1v) is 3.30. The average Bonchev–Trinajstić information content (AvgIpc) is 1.35. The molecule has 0 aliphatic rings. The Kier molecular flexibility index (Phi) is 13.1. The van der Waals surface area contributed by atoms with Crippen LogP contribution >= 0.6 is 7.60 Å². The van der Waals surface area contributed by atoms with Gasteiger partial charge in [0, 0.05) is 0 Å². The molecule has 0 aromatic heterocycles. The van der Waals surface area contributed by atoms with Gasteiger partial charge in [-0.3, -0.25) is 0 Å². The number of hydrogen-bond acceptors (Lipinski definition) is 3. The van der Waals surface area contributed by atoms with Crippen LogP contribution < -0.4 is 47.5 Å². The SMILES string of the molecule is CCP(=O)([O-])[O-].[Li+].[Li+]. The van der Waals surface area contributed by atoms with E-state index in [0.29, 0.717) is 0 Å². The molecule has 0 aliphatic carbocycles. The molecule has 0 radical (unpaired) electrons. The van der Waals surface area contributed by atoms with Crippen molar-refractivity contribution >= 4 is 7.60 Å². The van der Waals surface area contributed by atoms with Crippen molar-refractivity contribution in [1.82, 2.24) is 0 Å². The van der Waals surface area contributed by atoms with Crippen molar-refractivity contribution in [3.8, 4) is 0 Å². The summed E-state index contributed by atoms with van der Waals surface area (Å²) >= 11 is 0. The first kappa shape index (κ1) is 16.2. The van der Waals surface area contributed by atoms with Crippen LogP contribution in [0.25, 0.3) is 0 Å². The van der Waals surface area contributed by atoms with Crippen LogP contribution in [0.15, 0.2) is 0 Å². The van der Waals surface area contributed by atoms with Gasteiger partial charge in [-0.25, -0.2) is 0 Å². The van der Waals surface area contributed by atoms with Gasteiger partial charge in [0.05, 0.1) is 0 Å². The normalized spacial score (nSPS) is 8.88. The quantitative estimate of drug-likeness (QED) is 0.256. The molecule has 0 N–H and O–H groups in total. The molecule has 0 rings (SSSR count). The monoisotopic (exact) mass is 122 g/mol. The summed E-state index contributed by atoms with van der Waals surface area (Å²) < 4.78 is 9.47. The van der Waals surface area contributed by atoms with Crippen molar-refractivity contribution in [2.75, 3.05) is 6.16 Å². The summed E-state index contributed by atoms with van der Waals surface area (Å²) in [5, 5.41) is 0. The maximum Gasteiger partial charge on any atom is 1.00 e. The van der Waals surface area contributed by atoms with Crippen LogP contribution in [0.3, 0.4) is 0 Å². The Morgan fingerprint density at radius 2 is 1.50 bits per heavy atom. The minimum absolute atomic E-state index is 0. The summed E-state index contributed by atoms with van der Waals surface area (Å²) in [5.74, 6) is 0. The smallest absolute Gasteiger partial charge is 0.811 e. The van der Waals surface area contributed by atoms with E-state index in [4.69, 9.17) is 0 Å². The van der Waals surface area contributed by atoms with Gasteiger partial charge in [0.25, 0.3) is 0 Å². The fraction of sp³-hybridized carbons (Fsp3) is 1.00. The van der Waals surface area contributed by atoms with Crippen molar-refractivity contribution in [3.63, 3.8) is 0 Å². The zero-order valence-electron chi connectivity index (χ0n) is 5.38. The summed E-state index contributed by atoms with van der Waals surface area (Å²) in [4.78, 5) is 18.9. The molecule has 0 bridgehead atoms. The van der Waals surface area contributed by atoms with Crippen LogP contribution in [0, 0.1) is 0 Å². The summed E-state index contributed by atoms with van der Waals surface area (Å²) in [5.41, 5.74) is 0. The van der Waals surface area contributed by atoms with Crippen molar-refractivity contribution in [1.29, 1.82) is 0 Å². The van der Waals surface area contributed by atoms with Gasteiger partial charge in [-0.15, -0.1) is 0 Å². The third-order valence-corrected chi connectivity index (χ3v) is 1.16. The zero-order valence-corrected chi connectivity index (χ0v) is 6.27. The fourth-order valence-electron chi connectivity index (χ4n) is 0. The van der Waals surface area contributed by atoms with Crippen LogP contribution in [-0.2, 0) is 4.57 Å². The van der Waals surface area contributed by atoms with E-state index in [9.17, 15) is 14.4 Å². The maximum atomic E-state index is 9.47. The summed E-state index contributed by atoms with van der Waals surface area (Å²) in [7, 11) is -4.15. The Morgan fingerprint density at radius 3 is 1.50 bits per heavy atom. The fourth-order valence-corrected chi connectivity index (χ4v) is 0. The van der Waals surface area contributed by atoms with Gasteiger partial charge in [0.2, 0.25) is 0 Å². The molecule has 0 spiro atoms. The van der Waals surface area contributed by atoms with Crippen LogP contribution in [0.4, 0.5) is 0 Å². The van der Waals surface area contributed by atoms with Gasteiger partial charge in [0.15, 0.2) is 0 Å². The Morgan fingerprint density at radius 1 is 1.38 bits per heavy atom. The van der Waals surface area contributed by atoms with Crippen LogP contribution in [-0.4, -0.2) is 6.16 Å². The third kappa shape index (κ3) is 15.7. The van der Waals surface area contributed by atoms with Gasteiger partial charge >= 0.3 is 37.7 Å². The Bertz CT molecular complexity index is 79.4. The van der Waals surface area contributed by atoms with Crippen LogP contribution in [0.2, 0.25) is 0 Å². The molecule has 0 aromatic carbocycles. The first-order valence-electron chi connectivity index (χ1n) is 1.57. The van der Waals surface area contributed by atoms with Gasteiger partial charge < -0.3 is 14.4 Å². The van der Waals surface area contributed by atoms with E-state index in [1.54, 1.807) is 0 Å². The van der Waals surface area contributed by atoms with E-state index < -0.39 is 7.60 Å².